The molecule has 0 radical (unpaired) electrons. The highest BCUT2D eigenvalue weighted by Crippen LogP contribution is 2.33. The van der Waals surface area contributed by atoms with Gasteiger partial charge in [-0.1, -0.05) is 27.7 Å². The van der Waals surface area contributed by atoms with E-state index in [2.05, 4.69) is 31.0 Å². The van der Waals surface area contributed by atoms with Crippen LogP contribution in [0.25, 0.3) is 11.0 Å². The second-order valence-electron chi connectivity index (χ2n) is 7.59. The van der Waals surface area contributed by atoms with Crippen molar-refractivity contribution in [3.63, 3.8) is 0 Å². The molecule has 0 aromatic carbocycles. The summed E-state index contributed by atoms with van der Waals surface area (Å²) >= 11 is 3.44. The first-order valence-corrected chi connectivity index (χ1v) is 9.03. The van der Waals surface area contributed by atoms with Gasteiger partial charge in [-0.3, -0.25) is 9.59 Å². The number of nitrogens with zero attached hydrogens (tertiary/aromatic N) is 5. The van der Waals surface area contributed by atoms with Gasteiger partial charge in [-0.2, -0.15) is 5.10 Å². The Bertz CT molecular complexity index is 800. The van der Waals surface area contributed by atoms with Crippen LogP contribution in [-0.2, 0) is 15.1 Å². The lowest BCUT2D eigenvalue weighted by Crippen LogP contribution is -2.42. The first-order chi connectivity index (χ1) is 11.5. The van der Waals surface area contributed by atoms with Crippen LogP contribution in [0.5, 0.6) is 0 Å². The molecule has 0 spiro atoms. The highest BCUT2D eigenvalue weighted by Gasteiger charge is 2.32. The lowest BCUT2D eigenvalue weighted by molar-refractivity contribution is -0.129. The van der Waals surface area contributed by atoms with Crippen LogP contribution in [0.3, 0.4) is 0 Å². The summed E-state index contributed by atoms with van der Waals surface area (Å²) in [5.74, 6) is -1.01. The molecule has 0 atom stereocenters. The van der Waals surface area contributed by atoms with E-state index in [-0.39, 0.29) is 35.0 Å². The average Bonchev–Trinajstić information content (AvgIpc) is 2.85. The number of hydrogen-bond donors (Lipinski definition) is 0. The molecule has 0 saturated carbocycles. The fourth-order valence-electron chi connectivity index (χ4n) is 2.37. The zero-order valence-corrected chi connectivity index (χ0v) is 17.2. The van der Waals surface area contributed by atoms with Gasteiger partial charge in [0.2, 0.25) is 11.8 Å². The van der Waals surface area contributed by atoms with E-state index in [1.807, 2.05) is 20.8 Å². The van der Waals surface area contributed by atoms with Crippen molar-refractivity contribution >= 4 is 44.6 Å². The lowest BCUT2D eigenvalue weighted by Gasteiger charge is -2.24. The van der Waals surface area contributed by atoms with Crippen LogP contribution in [0, 0.1) is 11.8 Å². The van der Waals surface area contributed by atoms with Crippen LogP contribution in [0.4, 0.5) is 5.82 Å². The number of imide groups is 1. The molecule has 7 nitrogen and oxygen atoms in total. The number of amides is 2. The SMILES string of the molecule is CC(C)C(=O)N(C(=O)C(C)C)c1ncnc2c1c(Br)nn2C(C)(C)C. The number of carbonyl (C=O) groups excluding carboxylic acids is 2. The molecule has 0 N–H and O–H groups in total. The van der Waals surface area contributed by atoms with Gasteiger partial charge in [-0.15, -0.1) is 0 Å². The van der Waals surface area contributed by atoms with Crippen LogP contribution in [-0.4, -0.2) is 31.6 Å². The van der Waals surface area contributed by atoms with Crippen molar-refractivity contribution in [2.24, 2.45) is 11.8 Å². The van der Waals surface area contributed by atoms with Gasteiger partial charge in [0.15, 0.2) is 11.5 Å². The van der Waals surface area contributed by atoms with Crippen LogP contribution >= 0.6 is 15.9 Å². The Kier molecular flexibility index (Phi) is 5.32. The van der Waals surface area contributed by atoms with Gasteiger partial charge in [0, 0.05) is 11.8 Å². The summed E-state index contributed by atoms with van der Waals surface area (Å²) in [5.41, 5.74) is 0.257. The highest BCUT2D eigenvalue weighted by atomic mass is 79.9. The van der Waals surface area contributed by atoms with Gasteiger partial charge in [0.1, 0.15) is 10.9 Å². The van der Waals surface area contributed by atoms with Gasteiger partial charge in [-0.25, -0.2) is 19.5 Å². The molecule has 2 aromatic heterocycles. The fourth-order valence-corrected chi connectivity index (χ4v) is 2.88. The molecule has 8 heteroatoms. The quantitative estimate of drug-likeness (QED) is 0.774. The predicted molar refractivity (Wildman–Crippen MR) is 100 cm³/mol. The third kappa shape index (κ3) is 3.58. The van der Waals surface area contributed by atoms with Crippen molar-refractivity contribution in [2.45, 2.75) is 54.0 Å². The van der Waals surface area contributed by atoms with Gasteiger partial charge in [0.25, 0.3) is 0 Å². The predicted octanol–water partition coefficient (Wildman–Crippen LogP) is 3.52. The first kappa shape index (κ1) is 19.5. The minimum Gasteiger partial charge on any atom is -0.274 e. The number of hydrogen-bond acceptors (Lipinski definition) is 5. The number of aromatic nitrogens is 4. The van der Waals surface area contributed by atoms with Crippen LogP contribution in [0.1, 0.15) is 48.5 Å². The Hall–Kier alpha value is -1.83. The smallest absolute Gasteiger partial charge is 0.237 e. The summed E-state index contributed by atoms with van der Waals surface area (Å²) in [6.07, 6.45) is 1.36. The van der Waals surface area contributed by atoms with Gasteiger partial charge >= 0.3 is 0 Å². The van der Waals surface area contributed by atoms with Crippen LogP contribution < -0.4 is 4.90 Å². The molecule has 2 heterocycles. The van der Waals surface area contributed by atoms with Crippen molar-refractivity contribution in [1.29, 1.82) is 0 Å². The van der Waals surface area contributed by atoms with E-state index < -0.39 is 0 Å². The monoisotopic (exact) mass is 409 g/mol. The zero-order valence-electron chi connectivity index (χ0n) is 15.7. The Balaban J connectivity index is 2.79. The highest BCUT2D eigenvalue weighted by molar-refractivity contribution is 9.10. The number of fused-ring (bicyclic) bond motifs is 1. The minimum absolute atomic E-state index is 0.268. The minimum atomic E-state index is -0.343. The molecule has 0 saturated heterocycles. The fraction of sp³-hybridized carbons (Fsp3) is 0.588. The molecule has 136 valence electrons. The summed E-state index contributed by atoms with van der Waals surface area (Å²) in [5, 5.41) is 5.05. The third-order valence-electron chi connectivity index (χ3n) is 3.68. The second-order valence-corrected chi connectivity index (χ2v) is 8.34. The number of anilines is 1. The zero-order chi connectivity index (χ0) is 19.1. The Morgan fingerprint density at radius 1 is 1.08 bits per heavy atom. The molecule has 2 amide bonds. The third-order valence-corrected chi connectivity index (χ3v) is 4.23. The van der Waals surface area contributed by atoms with Crippen molar-refractivity contribution in [3.05, 3.63) is 10.9 Å². The summed E-state index contributed by atoms with van der Waals surface area (Å²) in [6, 6.07) is 0. The molecule has 0 fully saturated rings. The molecule has 0 bridgehead atoms. The number of rotatable bonds is 3. The van der Waals surface area contributed by atoms with Gasteiger partial charge < -0.3 is 0 Å². The van der Waals surface area contributed by atoms with Gasteiger partial charge in [0.05, 0.1) is 10.9 Å². The largest absolute Gasteiger partial charge is 0.274 e. The summed E-state index contributed by atoms with van der Waals surface area (Å²) in [7, 11) is 0. The van der Waals surface area contributed by atoms with Crippen molar-refractivity contribution in [1.82, 2.24) is 19.7 Å². The molecule has 0 aliphatic carbocycles. The summed E-state index contributed by atoms with van der Waals surface area (Å²) in [4.78, 5) is 35.3. The maximum absolute atomic E-state index is 12.8. The molecular weight excluding hydrogens is 386 g/mol. The lowest BCUT2D eigenvalue weighted by atomic mass is 10.1. The molecule has 2 aromatic rings. The van der Waals surface area contributed by atoms with Crippen LogP contribution in [0.15, 0.2) is 10.9 Å². The topological polar surface area (TPSA) is 81.0 Å². The van der Waals surface area contributed by atoms with Crippen molar-refractivity contribution in [2.75, 3.05) is 4.90 Å². The van der Waals surface area contributed by atoms with Crippen molar-refractivity contribution < 1.29 is 9.59 Å². The summed E-state index contributed by atoms with van der Waals surface area (Å²) < 4.78 is 2.27. The normalized spacial score (nSPS) is 12.2. The standard InChI is InChI=1S/C17H24BrN5O2/c1-9(2)15(24)22(16(25)10(3)4)13-11-12(18)21-23(17(5,6)7)14(11)20-8-19-13/h8-10H,1-7H3. The molecule has 0 aliphatic rings. The number of carbonyl (C=O) groups is 2. The van der Waals surface area contributed by atoms with E-state index >= 15 is 0 Å². The van der Waals surface area contributed by atoms with Gasteiger partial charge in [-0.05, 0) is 36.7 Å². The molecule has 25 heavy (non-hydrogen) atoms. The molecule has 2 rings (SSSR count). The van der Waals surface area contributed by atoms with E-state index in [1.165, 1.54) is 11.2 Å². The molecular formula is C17H24BrN5O2. The summed E-state index contributed by atoms with van der Waals surface area (Å²) in [6.45, 7) is 13.0. The van der Waals surface area contributed by atoms with E-state index in [9.17, 15) is 9.59 Å². The van der Waals surface area contributed by atoms with Crippen LogP contribution in [0.2, 0.25) is 0 Å². The van der Waals surface area contributed by atoms with Crippen molar-refractivity contribution in [3.8, 4) is 0 Å². The average molecular weight is 410 g/mol. The maximum Gasteiger partial charge on any atom is 0.237 e. The Morgan fingerprint density at radius 2 is 1.60 bits per heavy atom. The van der Waals surface area contributed by atoms with E-state index in [4.69, 9.17) is 0 Å². The van der Waals surface area contributed by atoms with E-state index in [1.54, 1.807) is 32.4 Å². The second kappa shape index (κ2) is 6.82. The Morgan fingerprint density at radius 3 is 2.04 bits per heavy atom. The molecule has 0 unspecified atom stereocenters. The first-order valence-electron chi connectivity index (χ1n) is 8.24. The number of halogens is 1. The van der Waals surface area contributed by atoms with E-state index in [0.717, 1.165) is 0 Å². The Labute approximate surface area is 155 Å². The molecule has 0 aliphatic heterocycles. The van der Waals surface area contributed by atoms with E-state index in [0.29, 0.717) is 15.6 Å². The maximum atomic E-state index is 12.8.